The fourth-order valence-electron chi connectivity index (χ4n) is 2.64. The largest absolute Gasteiger partial charge is 0.493 e. The maximum Gasteiger partial charge on any atom is 0.416 e. The number of hydrogen-bond acceptors (Lipinski definition) is 3. The summed E-state index contributed by atoms with van der Waals surface area (Å²) in [6.07, 6.45) is -2.41. The number of benzene rings is 1. The van der Waals surface area contributed by atoms with Crippen LogP contribution in [0.2, 0.25) is 0 Å². The Morgan fingerprint density at radius 1 is 1.24 bits per heavy atom. The van der Waals surface area contributed by atoms with E-state index < -0.39 is 11.7 Å². The highest BCUT2D eigenvalue weighted by Crippen LogP contribution is 2.33. The van der Waals surface area contributed by atoms with Crippen LogP contribution >= 0.6 is 23.6 Å². The van der Waals surface area contributed by atoms with Gasteiger partial charge in [0.25, 0.3) is 0 Å². The van der Waals surface area contributed by atoms with Crippen molar-refractivity contribution >= 4 is 28.5 Å². The van der Waals surface area contributed by atoms with Gasteiger partial charge in [-0.05, 0) is 36.5 Å². The van der Waals surface area contributed by atoms with Gasteiger partial charge in [-0.2, -0.15) is 13.2 Å². The molecular formula is C21H27F3N2OS2. The van der Waals surface area contributed by atoms with Gasteiger partial charge < -0.3 is 9.30 Å². The molecule has 0 saturated heterocycles. The summed E-state index contributed by atoms with van der Waals surface area (Å²) in [7, 11) is 0. The second-order valence-electron chi connectivity index (χ2n) is 8.23. The zero-order valence-electron chi connectivity index (χ0n) is 17.6. The van der Waals surface area contributed by atoms with Gasteiger partial charge in [-0.3, -0.25) is 0 Å². The molecule has 0 fully saturated rings. The molecule has 0 amide bonds. The SMILES string of the molecule is CCOc1ccc(C(F)(F)F)cc1C(=S)N=c1sc(C(C)(C)C)cn1CC(C)C. The Hall–Kier alpha value is -1.67. The van der Waals surface area contributed by atoms with Gasteiger partial charge in [0, 0.05) is 17.6 Å². The molecule has 0 aliphatic carbocycles. The molecule has 2 aromatic rings. The van der Waals surface area contributed by atoms with Crippen molar-refractivity contribution in [3.63, 3.8) is 0 Å². The Balaban J connectivity index is 2.60. The molecule has 0 radical (unpaired) electrons. The lowest BCUT2D eigenvalue weighted by molar-refractivity contribution is -0.137. The maximum atomic E-state index is 13.2. The molecule has 0 unspecified atom stereocenters. The molecule has 0 spiro atoms. The van der Waals surface area contributed by atoms with E-state index >= 15 is 0 Å². The Morgan fingerprint density at radius 3 is 2.41 bits per heavy atom. The Bertz CT molecular complexity index is 935. The minimum Gasteiger partial charge on any atom is -0.493 e. The first-order valence-corrected chi connectivity index (χ1v) is 10.7. The van der Waals surface area contributed by atoms with Crippen LogP contribution in [0.3, 0.4) is 0 Å². The summed E-state index contributed by atoms with van der Waals surface area (Å²) in [4.78, 5) is 6.44. The quantitative estimate of drug-likeness (QED) is 0.514. The van der Waals surface area contributed by atoms with E-state index in [2.05, 4.69) is 45.8 Å². The van der Waals surface area contributed by atoms with E-state index in [1.165, 1.54) is 17.4 Å². The number of ether oxygens (including phenoxy) is 1. The summed E-state index contributed by atoms with van der Waals surface area (Å²) in [5.41, 5.74) is -0.658. The summed E-state index contributed by atoms with van der Waals surface area (Å²) in [5, 5.41) is 0. The van der Waals surface area contributed by atoms with Crippen LogP contribution in [-0.2, 0) is 18.1 Å². The third-order valence-electron chi connectivity index (χ3n) is 4.06. The second kappa shape index (κ2) is 9.00. The van der Waals surface area contributed by atoms with Crippen LogP contribution in [0, 0.1) is 5.92 Å². The number of alkyl halides is 3. The maximum absolute atomic E-state index is 13.2. The third-order valence-corrected chi connectivity index (χ3v) is 5.81. The van der Waals surface area contributed by atoms with Gasteiger partial charge in [-0.15, -0.1) is 11.3 Å². The summed E-state index contributed by atoms with van der Waals surface area (Å²) in [6, 6.07) is 3.32. The average molecular weight is 445 g/mol. The molecular weight excluding hydrogens is 417 g/mol. The first-order valence-electron chi connectivity index (χ1n) is 9.46. The van der Waals surface area contributed by atoms with Crippen molar-refractivity contribution in [3.05, 3.63) is 45.2 Å². The van der Waals surface area contributed by atoms with Crippen LogP contribution in [0.15, 0.2) is 29.4 Å². The number of rotatable bonds is 5. The molecule has 0 N–H and O–H groups in total. The number of halogens is 3. The van der Waals surface area contributed by atoms with Gasteiger partial charge in [0.1, 0.15) is 10.7 Å². The number of hydrogen-bond donors (Lipinski definition) is 0. The van der Waals surface area contributed by atoms with E-state index in [9.17, 15) is 13.2 Å². The lowest BCUT2D eigenvalue weighted by Gasteiger charge is -2.14. The molecule has 1 heterocycles. The highest BCUT2D eigenvalue weighted by atomic mass is 32.1. The van der Waals surface area contributed by atoms with E-state index in [1.54, 1.807) is 6.92 Å². The van der Waals surface area contributed by atoms with E-state index in [0.29, 0.717) is 23.1 Å². The molecule has 2 rings (SSSR count). The monoisotopic (exact) mass is 444 g/mol. The fraction of sp³-hybridized carbons (Fsp3) is 0.524. The highest BCUT2D eigenvalue weighted by Gasteiger charge is 2.31. The first-order chi connectivity index (χ1) is 13.3. The van der Waals surface area contributed by atoms with E-state index in [-0.39, 0.29) is 16.0 Å². The van der Waals surface area contributed by atoms with Gasteiger partial charge in [-0.25, -0.2) is 4.99 Å². The molecule has 0 aliphatic rings. The number of thiazole rings is 1. The summed E-state index contributed by atoms with van der Waals surface area (Å²) in [6.45, 7) is 13.4. The van der Waals surface area contributed by atoms with E-state index in [4.69, 9.17) is 17.0 Å². The first kappa shape index (κ1) is 23.6. The molecule has 8 heteroatoms. The van der Waals surface area contributed by atoms with Gasteiger partial charge in [0.2, 0.25) is 0 Å². The van der Waals surface area contributed by atoms with Crippen molar-refractivity contribution in [2.45, 2.75) is 59.7 Å². The number of nitrogens with zero attached hydrogens (tertiary/aromatic N) is 2. The predicted molar refractivity (Wildman–Crippen MR) is 116 cm³/mol. The van der Waals surface area contributed by atoms with Crippen molar-refractivity contribution in [3.8, 4) is 5.75 Å². The van der Waals surface area contributed by atoms with Gasteiger partial charge in [-0.1, -0.05) is 46.8 Å². The molecule has 160 valence electrons. The molecule has 1 aromatic carbocycles. The van der Waals surface area contributed by atoms with Crippen LogP contribution in [-0.4, -0.2) is 16.2 Å². The average Bonchev–Trinajstić information content (AvgIpc) is 2.96. The van der Waals surface area contributed by atoms with Crippen LogP contribution in [0.1, 0.15) is 57.5 Å². The molecule has 0 saturated carbocycles. The van der Waals surface area contributed by atoms with Crippen molar-refractivity contribution in [2.24, 2.45) is 10.9 Å². The predicted octanol–water partition coefficient (Wildman–Crippen LogP) is 6.20. The Morgan fingerprint density at radius 2 is 1.90 bits per heavy atom. The highest BCUT2D eigenvalue weighted by molar-refractivity contribution is 7.80. The second-order valence-corrected chi connectivity index (χ2v) is 9.63. The minimum atomic E-state index is -4.46. The summed E-state index contributed by atoms with van der Waals surface area (Å²) < 4.78 is 47.1. The van der Waals surface area contributed by atoms with Crippen LogP contribution < -0.4 is 9.54 Å². The van der Waals surface area contributed by atoms with Crippen molar-refractivity contribution in [1.82, 2.24) is 4.57 Å². The molecule has 1 aromatic heterocycles. The standard InChI is InChI=1S/C21H27F3N2OS2/c1-7-27-16-9-8-14(21(22,23)24)10-15(16)18(28)25-19-26(11-13(2)3)12-17(29-19)20(4,5)6/h8-10,12-13H,7,11H2,1-6H3. The minimum absolute atomic E-state index is 0.0640. The lowest BCUT2D eigenvalue weighted by Crippen LogP contribution is -2.19. The number of aromatic nitrogens is 1. The van der Waals surface area contributed by atoms with Crippen LogP contribution in [0.25, 0.3) is 0 Å². The lowest BCUT2D eigenvalue weighted by atomic mass is 9.95. The van der Waals surface area contributed by atoms with Crippen molar-refractivity contribution < 1.29 is 17.9 Å². The zero-order valence-corrected chi connectivity index (χ0v) is 19.2. The summed E-state index contributed by atoms with van der Waals surface area (Å²) in [5.74, 6) is 0.690. The van der Waals surface area contributed by atoms with Crippen LogP contribution in [0.4, 0.5) is 13.2 Å². The van der Waals surface area contributed by atoms with Gasteiger partial charge in [0.05, 0.1) is 17.7 Å². The zero-order chi connectivity index (χ0) is 22.0. The van der Waals surface area contributed by atoms with Gasteiger partial charge in [0.15, 0.2) is 4.80 Å². The normalized spacial score (nSPS) is 13.2. The van der Waals surface area contributed by atoms with Gasteiger partial charge >= 0.3 is 6.18 Å². The van der Waals surface area contributed by atoms with Crippen molar-refractivity contribution in [1.29, 1.82) is 0 Å². The van der Waals surface area contributed by atoms with E-state index in [1.807, 2.05) is 4.57 Å². The Labute approximate surface area is 179 Å². The molecule has 3 nitrogen and oxygen atoms in total. The topological polar surface area (TPSA) is 26.5 Å². The molecule has 0 atom stereocenters. The number of thiocarbonyl (C=S) groups is 1. The third kappa shape index (κ3) is 6.15. The van der Waals surface area contributed by atoms with Crippen molar-refractivity contribution in [2.75, 3.05) is 6.61 Å². The summed E-state index contributed by atoms with van der Waals surface area (Å²) >= 11 is 6.95. The Kier molecular flexibility index (Phi) is 7.32. The molecule has 0 bridgehead atoms. The molecule has 29 heavy (non-hydrogen) atoms. The molecule has 0 aliphatic heterocycles. The van der Waals surface area contributed by atoms with Crippen LogP contribution in [0.5, 0.6) is 5.75 Å². The smallest absolute Gasteiger partial charge is 0.416 e. The fourth-order valence-corrected chi connectivity index (χ4v) is 4.01. The van der Waals surface area contributed by atoms with E-state index in [0.717, 1.165) is 23.6 Å².